The van der Waals surface area contributed by atoms with Gasteiger partial charge in [0.1, 0.15) is 0 Å². The lowest BCUT2D eigenvalue weighted by Crippen LogP contribution is -2.53. The Labute approximate surface area is 158 Å². The SMILES string of the molecule is Cc1ccc(S(=O)(=O)N2CCN(C(=O)NCCc3cccs3)CC2)cc1. The van der Waals surface area contributed by atoms with E-state index in [0.29, 0.717) is 37.6 Å². The van der Waals surface area contributed by atoms with Crippen molar-refractivity contribution in [2.24, 2.45) is 0 Å². The number of aryl methyl sites for hydroxylation is 1. The standard InChI is InChI=1S/C18H23N3O3S2/c1-15-4-6-17(7-5-15)26(23,24)21-12-10-20(11-13-21)18(22)19-9-8-16-3-2-14-25-16/h2-7,14H,8-13H2,1H3,(H,19,22). The highest BCUT2D eigenvalue weighted by atomic mass is 32.2. The fourth-order valence-corrected chi connectivity index (χ4v) is 4.98. The number of nitrogens with zero attached hydrogens (tertiary/aromatic N) is 2. The molecule has 1 aliphatic rings. The molecule has 0 bridgehead atoms. The third-order valence-electron chi connectivity index (χ3n) is 4.41. The monoisotopic (exact) mass is 393 g/mol. The van der Waals surface area contributed by atoms with Crippen molar-refractivity contribution in [1.82, 2.24) is 14.5 Å². The molecule has 1 aromatic heterocycles. The summed E-state index contributed by atoms with van der Waals surface area (Å²) in [5, 5.41) is 4.93. The number of sulfonamides is 1. The maximum atomic E-state index is 12.7. The molecule has 1 aromatic carbocycles. The second kappa shape index (κ2) is 8.20. The highest BCUT2D eigenvalue weighted by Gasteiger charge is 2.29. The van der Waals surface area contributed by atoms with Crippen LogP contribution in [0.3, 0.4) is 0 Å². The van der Waals surface area contributed by atoms with Gasteiger partial charge in [-0.2, -0.15) is 4.31 Å². The molecular formula is C18H23N3O3S2. The number of thiophene rings is 1. The van der Waals surface area contributed by atoms with Gasteiger partial charge in [0.2, 0.25) is 10.0 Å². The summed E-state index contributed by atoms with van der Waals surface area (Å²) < 4.78 is 26.8. The van der Waals surface area contributed by atoms with Gasteiger partial charge in [-0.15, -0.1) is 11.3 Å². The summed E-state index contributed by atoms with van der Waals surface area (Å²) in [6.07, 6.45) is 0.811. The second-order valence-corrected chi connectivity index (χ2v) is 9.24. The Morgan fingerprint density at radius 1 is 1.12 bits per heavy atom. The van der Waals surface area contributed by atoms with Crippen LogP contribution in [0.5, 0.6) is 0 Å². The largest absolute Gasteiger partial charge is 0.338 e. The minimum absolute atomic E-state index is 0.131. The number of urea groups is 1. The van der Waals surface area contributed by atoms with Gasteiger partial charge in [-0.1, -0.05) is 23.8 Å². The predicted octanol–water partition coefficient (Wildman–Crippen LogP) is 2.32. The number of hydrogen-bond acceptors (Lipinski definition) is 4. The van der Waals surface area contributed by atoms with Gasteiger partial charge in [0.25, 0.3) is 0 Å². The van der Waals surface area contributed by atoms with Crippen LogP contribution in [0, 0.1) is 6.92 Å². The molecule has 3 rings (SSSR count). The smallest absolute Gasteiger partial charge is 0.317 e. The van der Waals surface area contributed by atoms with Crippen LogP contribution in [0.25, 0.3) is 0 Å². The van der Waals surface area contributed by atoms with Gasteiger partial charge < -0.3 is 10.2 Å². The quantitative estimate of drug-likeness (QED) is 0.848. The molecule has 2 amide bonds. The summed E-state index contributed by atoms with van der Waals surface area (Å²) in [6, 6.07) is 10.8. The Morgan fingerprint density at radius 2 is 1.81 bits per heavy atom. The number of carbonyl (C=O) groups is 1. The molecule has 0 saturated carbocycles. The Balaban J connectivity index is 1.50. The molecule has 2 heterocycles. The van der Waals surface area contributed by atoms with Gasteiger partial charge in [0.05, 0.1) is 4.90 Å². The predicted molar refractivity (Wildman–Crippen MR) is 103 cm³/mol. The first-order valence-corrected chi connectivity index (χ1v) is 10.9. The normalized spacial score (nSPS) is 15.8. The van der Waals surface area contributed by atoms with Crippen molar-refractivity contribution in [2.75, 3.05) is 32.7 Å². The lowest BCUT2D eigenvalue weighted by atomic mass is 10.2. The van der Waals surface area contributed by atoms with E-state index < -0.39 is 10.0 Å². The number of amides is 2. The van der Waals surface area contributed by atoms with Crippen LogP contribution in [0.2, 0.25) is 0 Å². The summed E-state index contributed by atoms with van der Waals surface area (Å²) >= 11 is 1.67. The number of piperazine rings is 1. The molecule has 0 unspecified atom stereocenters. The van der Waals surface area contributed by atoms with Crippen LogP contribution in [0.4, 0.5) is 4.79 Å². The lowest BCUT2D eigenvalue weighted by molar-refractivity contribution is 0.172. The summed E-state index contributed by atoms with van der Waals surface area (Å²) in [4.78, 5) is 15.5. The van der Waals surface area contributed by atoms with Crippen LogP contribution >= 0.6 is 11.3 Å². The van der Waals surface area contributed by atoms with Crippen molar-refractivity contribution in [2.45, 2.75) is 18.2 Å². The highest BCUT2D eigenvalue weighted by molar-refractivity contribution is 7.89. The molecule has 26 heavy (non-hydrogen) atoms. The van der Waals surface area contributed by atoms with E-state index in [1.54, 1.807) is 40.5 Å². The second-order valence-electron chi connectivity index (χ2n) is 6.27. The molecule has 0 atom stereocenters. The lowest BCUT2D eigenvalue weighted by Gasteiger charge is -2.34. The van der Waals surface area contributed by atoms with Crippen LogP contribution in [-0.2, 0) is 16.4 Å². The number of carbonyl (C=O) groups excluding carboxylic acids is 1. The number of benzene rings is 1. The van der Waals surface area contributed by atoms with Crippen LogP contribution < -0.4 is 5.32 Å². The van der Waals surface area contributed by atoms with E-state index in [4.69, 9.17) is 0 Å². The molecular weight excluding hydrogens is 370 g/mol. The zero-order valence-electron chi connectivity index (χ0n) is 14.7. The fourth-order valence-electron chi connectivity index (χ4n) is 2.85. The Hall–Kier alpha value is -1.90. The van der Waals surface area contributed by atoms with Gasteiger partial charge in [0, 0.05) is 37.6 Å². The van der Waals surface area contributed by atoms with Gasteiger partial charge in [-0.25, -0.2) is 13.2 Å². The number of rotatable bonds is 5. The van der Waals surface area contributed by atoms with E-state index >= 15 is 0 Å². The molecule has 0 radical (unpaired) electrons. The van der Waals surface area contributed by atoms with E-state index in [0.717, 1.165) is 12.0 Å². The van der Waals surface area contributed by atoms with Crippen molar-refractivity contribution in [3.05, 3.63) is 52.2 Å². The topological polar surface area (TPSA) is 69.7 Å². The Morgan fingerprint density at radius 3 is 2.42 bits per heavy atom. The minimum atomic E-state index is -3.50. The van der Waals surface area contributed by atoms with Crippen molar-refractivity contribution < 1.29 is 13.2 Å². The zero-order chi connectivity index (χ0) is 18.6. The van der Waals surface area contributed by atoms with Crippen LogP contribution in [-0.4, -0.2) is 56.4 Å². The summed E-state index contributed by atoms with van der Waals surface area (Å²) in [5.41, 5.74) is 1.02. The molecule has 6 nitrogen and oxygen atoms in total. The molecule has 1 N–H and O–H groups in total. The number of hydrogen-bond donors (Lipinski definition) is 1. The van der Waals surface area contributed by atoms with Crippen molar-refractivity contribution in [1.29, 1.82) is 0 Å². The molecule has 2 aromatic rings. The van der Waals surface area contributed by atoms with Crippen molar-refractivity contribution in [3.8, 4) is 0 Å². The molecule has 0 aliphatic carbocycles. The molecule has 0 spiro atoms. The van der Waals surface area contributed by atoms with Crippen LogP contribution in [0.15, 0.2) is 46.7 Å². The molecule has 140 valence electrons. The molecule has 1 fully saturated rings. The average Bonchev–Trinajstić information content (AvgIpc) is 3.15. The maximum Gasteiger partial charge on any atom is 0.317 e. The first-order chi connectivity index (χ1) is 12.5. The van der Waals surface area contributed by atoms with Crippen molar-refractivity contribution in [3.63, 3.8) is 0 Å². The molecule has 1 aliphatic heterocycles. The van der Waals surface area contributed by atoms with E-state index in [9.17, 15) is 13.2 Å². The van der Waals surface area contributed by atoms with E-state index in [1.165, 1.54) is 9.18 Å². The van der Waals surface area contributed by atoms with Crippen molar-refractivity contribution >= 4 is 27.4 Å². The molecule has 1 saturated heterocycles. The Kier molecular flexibility index (Phi) is 5.95. The van der Waals surface area contributed by atoms with Gasteiger partial charge in [0.15, 0.2) is 0 Å². The first kappa shape index (κ1) is 18.9. The van der Waals surface area contributed by atoms with Gasteiger partial charge in [-0.05, 0) is 36.9 Å². The third-order valence-corrected chi connectivity index (χ3v) is 7.26. The van der Waals surface area contributed by atoms with Crippen LogP contribution in [0.1, 0.15) is 10.4 Å². The zero-order valence-corrected chi connectivity index (χ0v) is 16.4. The molecule has 8 heteroatoms. The first-order valence-electron chi connectivity index (χ1n) is 8.59. The summed E-state index contributed by atoms with van der Waals surface area (Å²) in [6.45, 7) is 3.93. The van der Waals surface area contributed by atoms with Gasteiger partial charge in [-0.3, -0.25) is 0 Å². The highest BCUT2D eigenvalue weighted by Crippen LogP contribution is 2.18. The summed E-state index contributed by atoms with van der Waals surface area (Å²) in [7, 11) is -3.50. The van der Waals surface area contributed by atoms with Gasteiger partial charge >= 0.3 is 6.03 Å². The van der Waals surface area contributed by atoms with E-state index in [2.05, 4.69) is 5.32 Å². The van der Waals surface area contributed by atoms with E-state index in [-0.39, 0.29) is 6.03 Å². The average molecular weight is 394 g/mol. The summed E-state index contributed by atoms with van der Waals surface area (Å²) in [5.74, 6) is 0. The van der Waals surface area contributed by atoms with E-state index in [1.807, 2.05) is 24.4 Å². The fraction of sp³-hybridized carbons (Fsp3) is 0.389. The Bertz CT molecular complexity index is 825. The minimum Gasteiger partial charge on any atom is -0.338 e. The number of nitrogens with one attached hydrogen (secondary N) is 1. The third kappa shape index (κ3) is 4.44. The maximum absolute atomic E-state index is 12.7.